The highest BCUT2D eigenvalue weighted by Crippen LogP contribution is 2.06. The minimum absolute atomic E-state index is 0.401. The highest BCUT2D eigenvalue weighted by atomic mass is 16.6. The lowest BCUT2D eigenvalue weighted by molar-refractivity contribution is -0.122. The number of alkyl carbamates (subject to hydrolysis) is 1. The third kappa shape index (κ3) is 6.03. The van der Waals surface area contributed by atoms with Gasteiger partial charge in [0.15, 0.2) is 0 Å². The molecule has 0 aliphatic carbocycles. The van der Waals surface area contributed by atoms with E-state index in [-0.39, 0.29) is 0 Å². The Morgan fingerprint density at radius 3 is 2.55 bits per heavy atom. The van der Waals surface area contributed by atoms with Gasteiger partial charge in [-0.3, -0.25) is 15.6 Å². The smallest absolute Gasteiger partial charge is 0.408 e. The number of rotatable bonds is 4. The molecule has 0 radical (unpaired) electrons. The molecule has 2 amide bonds. The zero-order valence-electron chi connectivity index (χ0n) is 12.1. The Balaban J connectivity index is 2.38. The Morgan fingerprint density at radius 1 is 1.30 bits per heavy atom. The molecule has 0 aromatic carbocycles. The first-order valence-corrected chi connectivity index (χ1v) is 6.24. The van der Waals surface area contributed by atoms with Crippen molar-refractivity contribution in [2.45, 2.75) is 39.3 Å². The second-order valence-electron chi connectivity index (χ2n) is 5.20. The van der Waals surface area contributed by atoms with E-state index in [9.17, 15) is 9.59 Å². The van der Waals surface area contributed by atoms with Crippen LogP contribution in [0, 0.1) is 0 Å². The first-order chi connectivity index (χ1) is 9.28. The molecule has 7 nitrogen and oxygen atoms in total. The molecular weight excluding hydrogens is 260 g/mol. The molecule has 0 saturated heterocycles. The molecule has 1 aromatic heterocycles. The van der Waals surface area contributed by atoms with Gasteiger partial charge >= 0.3 is 6.09 Å². The molecule has 0 bridgehead atoms. The maximum absolute atomic E-state index is 11.7. The van der Waals surface area contributed by atoms with Crippen LogP contribution in [0.1, 0.15) is 27.7 Å². The number of aromatic nitrogens is 1. The standard InChI is InChI=1S/C13H20N4O3/c1-9(15-12(19)20-13(2,3)4)11(18)17-16-10-7-5-6-8-14-10/h5-9H,1-4H3,(H,14,16)(H,15,19)(H,17,18)/t9-/m1/s1. The van der Waals surface area contributed by atoms with Crippen LogP contribution in [0.4, 0.5) is 10.6 Å². The average Bonchev–Trinajstić information content (AvgIpc) is 2.34. The predicted molar refractivity (Wildman–Crippen MR) is 74.8 cm³/mol. The minimum Gasteiger partial charge on any atom is -0.444 e. The van der Waals surface area contributed by atoms with Crippen LogP contribution in [-0.2, 0) is 9.53 Å². The number of hydrogen-bond acceptors (Lipinski definition) is 5. The summed E-state index contributed by atoms with van der Waals surface area (Å²) >= 11 is 0. The van der Waals surface area contributed by atoms with E-state index in [1.807, 2.05) is 0 Å². The summed E-state index contributed by atoms with van der Waals surface area (Å²) in [5.74, 6) is 0.104. The van der Waals surface area contributed by atoms with E-state index in [1.54, 1.807) is 52.1 Å². The highest BCUT2D eigenvalue weighted by Gasteiger charge is 2.20. The highest BCUT2D eigenvalue weighted by molar-refractivity contribution is 5.85. The van der Waals surface area contributed by atoms with Crippen molar-refractivity contribution in [2.24, 2.45) is 0 Å². The first-order valence-electron chi connectivity index (χ1n) is 6.24. The number of pyridine rings is 1. The Labute approximate surface area is 118 Å². The molecule has 20 heavy (non-hydrogen) atoms. The second kappa shape index (κ2) is 6.74. The molecule has 1 rings (SSSR count). The number of hydrogen-bond donors (Lipinski definition) is 3. The van der Waals surface area contributed by atoms with Crippen LogP contribution >= 0.6 is 0 Å². The van der Waals surface area contributed by atoms with Crippen LogP contribution in [0.15, 0.2) is 24.4 Å². The lowest BCUT2D eigenvalue weighted by Crippen LogP contribution is -2.47. The number of nitrogens with zero attached hydrogens (tertiary/aromatic N) is 1. The van der Waals surface area contributed by atoms with Crippen molar-refractivity contribution in [1.82, 2.24) is 15.7 Å². The van der Waals surface area contributed by atoms with Gasteiger partial charge in [0, 0.05) is 6.20 Å². The lowest BCUT2D eigenvalue weighted by Gasteiger charge is -2.21. The van der Waals surface area contributed by atoms with Gasteiger partial charge in [-0.05, 0) is 39.8 Å². The van der Waals surface area contributed by atoms with Gasteiger partial charge in [0.05, 0.1) is 0 Å². The van der Waals surface area contributed by atoms with Crippen LogP contribution in [-0.4, -0.2) is 28.6 Å². The number of ether oxygens (including phenoxy) is 1. The Morgan fingerprint density at radius 2 is 2.00 bits per heavy atom. The third-order valence-electron chi connectivity index (χ3n) is 2.11. The summed E-state index contributed by atoms with van der Waals surface area (Å²) in [5, 5.41) is 2.44. The zero-order chi connectivity index (χ0) is 15.2. The van der Waals surface area contributed by atoms with Crippen LogP contribution in [0.2, 0.25) is 0 Å². The summed E-state index contributed by atoms with van der Waals surface area (Å²) in [7, 11) is 0. The summed E-state index contributed by atoms with van der Waals surface area (Å²) in [4.78, 5) is 27.2. The van der Waals surface area contributed by atoms with Crippen molar-refractivity contribution in [3.05, 3.63) is 24.4 Å². The van der Waals surface area contributed by atoms with E-state index < -0.39 is 23.6 Å². The fraction of sp³-hybridized carbons (Fsp3) is 0.462. The van der Waals surface area contributed by atoms with Gasteiger partial charge in [0.1, 0.15) is 17.5 Å². The molecule has 3 N–H and O–H groups in total. The minimum atomic E-state index is -0.735. The third-order valence-corrected chi connectivity index (χ3v) is 2.11. The molecule has 1 atom stereocenters. The van der Waals surface area contributed by atoms with Gasteiger partial charge < -0.3 is 10.1 Å². The maximum Gasteiger partial charge on any atom is 0.408 e. The molecule has 0 aliphatic heterocycles. The fourth-order valence-electron chi connectivity index (χ4n) is 1.22. The summed E-state index contributed by atoms with van der Waals surface area (Å²) in [5.41, 5.74) is 4.48. The Bertz CT molecular complexity index is 456. The van der Waals surface area contributed by atoms with Gasteiger partial charge in [-0.1, -0.05) is 6.07 Å². The van der Waals surface area contributed by atoms with E-state index in [0.29, 0.717) is 5.82 Å². The van der Waals surface area contributed by atoms with Crippen LogP contribution < -0.4 is 16.2 Å². The van der Waals surface area contributed by atoms with Crippen LogP contribution in [0.3, 0.4) is 0 Å². The van der Waals surface area contributed by atoms with Gasteiger partial charge in [-0.15, -0.1) is 0 Å². The quantitative estimate of drug-likeness (QED) is 0.726. The van der Waals surface area contributed by atoms with Gasteiger partial charge in [0.2, 0.25) is 0 Å². The monoisotopic (exact) mass is 280 g/mol. The van der Waals surface area contributed by atoms with Crippen molar-refractivity contribution in [3.63, 3.8) is 0 Å². The molecule has 0 unspecified atom stereocenters. The Kier molecular flexibility index (Phi) is 5.31. The second-order valence-corrected chi connectivity index (χ2v) is 5.20. The Hall–Kier alpha value is -2.31. The van der Waals surface area contributed by atoms with Crippen LogP contribution in [0.5, 0.6) is 0 Å². The summed E-state index contributed by atoms with van der Waals surface area (Å²) < 4.78 is 5.06. The van der Waals surface area contributed by atoms with E-state index in [1.165, 1.54) is 0 Å². The average molecular weight is 280 g/mol. The van der Waals surface area contributed by atoms with Crippen LogP contribution in [0.25, 0.3) is 0 Å². The number of amides is 2. The van der Waals surface area contributed by atoms with Gasteiger partial charge in [-0.2, -0.15) is 0 Å². The van der Waals surface area contributed by atoms with E-state index in [2.05, 4.69) is 21.2 Å². The summed E-state index contributed by atoms with van der Waals surface area (Å²) in [6.07, 6.45) is 0.953. The number of carbonyl (C=O) groups excluding carboxylic acids is 2. The molecule has 0 aliphatic rings. The van der Waals surface area contributed by atoms with E-state index in [4.69, 9.17) is 4.74 Å². The normalized spacial score (nSPS) is 12.2. The van der Waals surface area contributed by atoms with Crippen molar-refractivity contribution in [1.29, 1.82) is 0 Å². The topological polar surface area (TPSA) is 92.3 Å². The molecule has 0 saturated carbocycles. The lowest BCUT2D eigenvalue weighted by atomic mass is 10.2. The molecular formula is C13H20N4O3. The van der Waals surface area contributed by atoms with E-state index in [0.717, 1.165) is 0 Å². The van der Waals surface area contributed by atoms with Gasteiger partial charge in [-0.25, -0.2) is 9.78 Å². The molecule has 1 heterocycles. The number of carbonyl (C=O) groups is 2. The number of nitrogens with one attached hydrogen (secondary N) is 3. The molecule has 7 heteroatoms. The fourth-order valence-corrected chi connectivity index (χ4v) is 1.22. The summed E-state index contributed by atoms with van der Waals surface area (Å²) in [6.45, 7) is 6.80. The number of hydrazine groups is 1. The maximum atomic E-state index is 11.7. The van der Waals surface area contributed by atoms with Crippen molar-refractivity contribution in [3.8, 4) is 0 Å². The van der Waals surface area contributed by atoms with Crippen molar-refractivity contribution < 1.29 is 14.3 Å². The SMILES string of the molecule is C[C@@H](NC(=O)OC(C)(C)C)C(=O)NNc1ccccn1. The predicted octanol–water partition coefficient (Wildman–Crippen LogP) is 1.44. The largest absolute Gasteiger partial charge is 0.444 e. The van der Waals surface area contributed by atoms with Crippen molar-refractivity contribution >= 4 is 17.8 Å². The zero-order valence-corrected chi connectivity index (χ0v) is 12.1. The molecule has 110 valence electrons. The molecule has 1 aromatic rings. The van der Waals surface area contributed by atoms with Gasteiger partial charge in [0.25, 0.3) is 5.91 Å². The first kappa shape index (κ1) is 15.7. The van der Waals surface area contributed by atoms with Crippen molar-refractivity contribution in [2.75, 3.05) is 5.43 Å². The number of anilines is 1. The molecule has 0 spiro atoms. The summed E-state index contributed by atoms with van der Waals surface area (Å²) in [6, 6.07) is 4.51. The molecule has 0 fully saturated rings. The van der Waals surface area contributed by atoms with E-state index >= 15 is 0 Å².